The van der Waals surface area contributed by atoms with Gasteiger partial charge in [-0.3, -0.25) is 4.79 Å². The van der Waals surface area contributed by atoms with E-state index in [4.69, 9.17) is 10.5 Å². The number of ether oxygens (including phenoxy) is 1. The topological polar surface area (TPSA) is 80.0 Å². The number of aryl methyl sites for hydroxylation is 1. The van der Waals surface area contributed by atoms with E-state index in [1.807, 2.05) is 50.0 Å². The van der Waals surface area contributed by atoms with Gasteiger partial charge >= 0.3 is 0 Å². The van der Waals surface area contributed by atoms with Gasteiger partial charge in [0.1, 0.15) is 24.4 Å². The van der Waals surface area contributed by atoms with Gasteiger partial charge in [0.15, 0.2) is 18.2 Å². The number of ketones is 1. The maximum atomic E-state index is 12.8. The zero-order valence-corrected chi connectivity index (χ0v) is 13.6. The normalized spacial score (nSPS) is 23.2. The summed E-state index contributed by atoms with van der Waals surface area (Å²) in [5, 5.41) is 9.53. The molecule has 1 aliphatic heterocycles. The molecule has 5 heteroatoms. The van der Waals surface area contributed by atoms with Crippen LogP contribution < -0.4 is 10.3 Å². The molecule has 0 bridgehead atoms. The Morgan fingerprint density at radius 3 is 2.83 bits per heavy atom. The quantitative estimate of drug-likeness (QED) is 0.804. The van der Waals surface area contributed by atoms with Crippen LogP contribution in [0, 0.1) is 16.7 Å². The Kier molecular flexibility index (Phi) is 3.48. The number of pyridine rings is 1. The molecule has 2 heterocycles. The van der Waals surface area contributed by atoms with Gasteiger partial charge in [-0.25, -0.2) is 4.57 Å². The first-order valence-electron chi connectivity index (χ1n) is 7.61. The van der Waals surface area contributed by atoms with Gasteiger partial charge in [0, 0.05) is 30.0 Å². The van der Waals surface area contributed by atoms with Gasteiger partial charge < -0.3 is 10.5 Å². The maximum absolute atomic E-state index is 12.8. The predicted octanol–water partition coefficient (Wildman–Crippen LogP) is 1.96. The summed E-state index contributed by atoms with van der Waals surface area (Å²) >= 11 is 0. The lowest BCUT2D eigenvalue weighted by Gasteiger charge is -2.36. The van der Waals surface area contributed by atoms with Crippen molar-refractivity contribution >= 4 is 5.78 Å². The molecular weight excluding hydrogens is 290 g/mol. The summed E-state index contributed by atoms with van der Waals surface area (Å²) in [6.07, 6.45) is 4.91. The molecule has 0 unspecified atom stereocenters. The van der Waals surface area contributed by atoms with Crippen molar-refractivity contribution in [3.63, 3.8) is 0 Å². The number of hydrogen-bond donors (Lipinski definition) is 1. The third-order valence-corrected chi connectivity index (χ3v) is 4.37. The first kappa shape index (κ1) is 15.3. The Morgan fingerprint density at radius 1 is 1.43 bits per heavy atom. The van der Waals surface area contributed by atoms with E-state index in [9.17, 15) is 10.1 Å². The van der Waals surface area contributed by atoms with Gasteiger partial charge in [0.2, 0.25) is 5.88 Å². The van der Waals surface area contributed by atoms with Crippen molar-refractivity contribution in [3.8, 4) is 6.07 Å². The molecule has 0 fully saturated rings. The van der Waals surface area contributed by atoms with Crippen LogP contribution >= 0.6 is 0 Å². The summed E-state index contributed by atoms with van der Waals surface area (Å²) in [5.74, 6) is 0.306. The molecule has 0 amide bonds. The largest absolute Gasteiger partial charge is 0.444 e. The number of carbonyl (C=O) groups is 1. The Labute approximate surface area is 135 Å². The lowest BCUT2D eigenvalue weighted by atomic mass is 9.70. The van der Waals surface area contributed by atoms with E-state index in [0.29, 0.717) is 29.7 Å². The van der Waals surface area contributed by atoms with Crippen LogP contribution in [0.5, 0.6) is 0 Å². The molecular formula is C18H20N3O2+. The number of carbonyl (C=O) groups excluding carboxylic acids is 1. The average Bonchev–Trinajstić information content (AvgIpc) is 2.44. The highest BCUT2D eigenvalue weighted by Gasteiger charge is 2.43. The third kappa shape index (κ3) is 2.61. The van der Waals surface area contributed by atoms with Crippen molar-refractivity contribution in [2.24, 2.45) is 18.2 Å². The number of rotatable bonds is 1. The number of nitrogens with zero attached hydrogens (tertiary/aromatic N) is 2. The van der Waals surface area contributed by atoms with Crippen LogP contribution in [0.1, 0.15) is 38.2 Å². The van der Waals surface area contributed by atoms with Gasteiger partial charge in [-0.05, 0) is 11.5 Å². The Balaban J connectivity index is 2.19. The summed E-state index contributed by atoms with van der Waals surface area (Å²) in [4.78, 5) is 12.8. The smallest absolute Gasteiger partial charge is 0.205 e. The Bertz CT molecular complexity index is 797. The van der Waals surface area contributed by atoms with Gasteiger partial charge in [0.25, 0.3) is 0 Å². The van der Waals surface area contributed by atoms with Gasteiger partial charge in [-0.2, -0.15) is 5.26 Å². The number of nitriles is 1. The molecule has 0 radical (unpaired) electrons. The fourth-order valence-electron chi connectivity index (χ4n) is 3.40. The van der Waals surface area contributed by atoms with E-state index in [1.54, 1.807) is 0 Å². The molecule has 1 aromatic rings. The lowest BCUT2D eigenvalue weighted by Crippen LogP contribution is -2.34. The standard InChI is InChI=1S/C18H20N3O2/c1-18(2)7-13(22)16-14(8-18)23-17(20)12(9-19)15(16)11-5-4-6-21(3)10-11/h4-6,10,15H,7-8,20H2,1-3H3/q+1/t15-/m1/s1. The molecule has 118 valence electrons. The molecule has 1 aromatic heterocycles. The first-order chi connectivity index (χ1) is 10.8. The molecule has 2 N–H and O–H groups in total. The highest BCUT2D eigenvalue weighted by molar-refractivity contribution is 6.00. The third-order valence-electron chi connectivity index (χ3n) is 4.37. The van der Waals surface area contributed by atoms with Crippen molar-refractivity contribution in [1.82, 2.24) is 0 Å². The van der Waals surface area contributed by atoms with Crippen LogP contribution in [0.3, 0.4) is 0 Å². The SMILES string of the molecule is C[n+]1cccc([C@@H]2C(C#N)=C(N)OC3=C2C(=O)CC(C)(C)C3)c1. The van der Waals surface area contributed by atoms with Crippen molar-refractivity contribution in [2.75, 3.05) is 0 Å². The molecule has 23 heavy (non-hydrogen) atoms. The molecule has 0 spiro atoms. The van der Waals surface area contributed by atoms with Crippen LogP contribution in [0.2, 0.25) is 0 Å². The minimum absolute atomic E-state index is 0.0352. The fourth-order valence-corrected chi connectivity index (χ4v) is 3.40. The maximum Gasteiger partial charge on any atom is 0.205 e. The molecule has 0 aromatic carbocycles. The lowest BCUT2D eigenvalue weighted by molar-refractivity contribution is -0.671. The minimum atomic E-state index is -0.445. The number of nitrogens with two attached hydrogens (primary N) is 1. The summed E-state index contributed by atoms with van der Waals surface area (Å²) in [6.45, 7) is 4.07. The second-order valence-corrected chi connectivity index (χ2v) is 7.01. The van der Waals surface area contributed by atoms with Crippen molar-refractivity contribution in [2.45, 2.75) is 32.6 Å². The Morgan fingerprint density at radius 2 is 2.17 bits per heavy atom. The molecule has 1 atom stereocenters. The number of aromatic nitrogens is 1. The van der Waals surface area contributed by atoms with Crippen molar-refractivity contribution < 1.29 is 14.1 Å². The number of hydrogen-bond acceptors (Lipinski definition) is 4. The molecule has 3 rings (SSSR count). The number of allylic oxidation sites excluding steroid dienone is 3. The van der Waals surface area contributed by atoms with Crippen LogP contribution in [0.25, 0.3) is 0 Å². The highest BCUT2D eigenvalue weighted by Crippen LogP contribution is 2.47. The van der Waals surface area contributed by atoms with Gasteiger partial charge in [-0.15, -0.1) is 0 Å². The van der Waals surface area contributed by atoms with Crippen LogP contribution in [-0.4, -0.2) is 5.78 Å². The monoisotopic (exact) mass is 310 g/mol. The molecule has 0 saturated carbocycles. The van der Waals surface area contributed by atoms with Gasteiger partial charge in [0.05, 0.1) is 5.92 Å². The zero-order valence-electron chi connectivity index (χ0n) is 13.6. The van der Waals surface area contributed by atoms with E-state index in [-0.39, 0.29) is 17.1 Å². The molecule has 5 nitrogen and oxygen atoms in total. The van der Waals surface area contributed by atoms with E-state index in [0.717, 1.165) is 5.56 Å². The van der Waals surface area contributed by atoms with E-state index >= 15 is 0 Å². The van der Waals surface area contributed by atoms with E-state index < -0.39 is 5.92 Å². The highest BCUT2D eigenvalue weighted by atomic mass is 16.5. The summed E-state index contributed by atoms with van der Waals surface area (Å²) in [6, 6.07) is 5.94. The van der Waals surface area contributed by atoms with Crippen LogP contribution in [0.15, 0.2) is 47.3 Å². The summed E-state index contributed by atoms with van der Waals surface area (Å²) < 4.78 is 7.56. The first-order valence-corrected chi connectivity index (χ1v) is 7.61. The molecule has 2 aliphatic rings. The summed E-state index contributed by atoms with van der Waals surface area (Å²) in [5.41, 5.74) is 7.58. The second-order valence-electron chi connectivity index (χ2n) is 7.01. The van der Waals surface area contributed by atoms with Crippen molar-refractivity contribution in [3.05, 3.63) is 52.9 Å². The minimum Gasteiger partial charge on any atom is -0.444 e. The van der Waals surface area contributed by atoms with Crippen molar-refractivity contribution in [1.29, 1.82) is 5.26 Å². The number of Topliss-reactive ketones (excluding diaryl/α,β-unsaturated/α-hetero) is 1. The molecule has 1 aliphatic carbocycles. The zero-order chi connectivity index (χ0) is 16.8. The Hall–Kier alpha value is -2.61. The van der Waals surface area contributed by atoms with Crippen LogP contribution in [0.4, 0.5) is 0 Å². The molecule has 0 saturated heterocycles. The van der Waals surface area contributed by atoms with Gasteiger partial charge in [-0.1, -0.05) is 13.8 Å². The van der Waals surface area contributed by atoms with E-state index in [2.05, 4.69) is 6.07 Å². The summed E-state index contributed by atoms with van der Waals surface area (Å²) in [7, 11) is 1.91. The van der Waals surface area contributed by atoms with Crippen LogP contribution in [-0.2, 0) is 16.6 Å². The van der Waals surface area contributed by atoms with E-state index in [1.165, 1.54) is 0 Å². The second kappa shape index (κ2) is 5.24. The average molecular weight is 310 g/mol. The predicted molar refractivity (Wildman–Crippen MR) is 83.3 cm³/mol. The fraction of sp³-hybridized carbons (Fsp3) is 0.389.